The molecule has 5 heteroatoms. The molecule has 0 saturated heterocycles. The molecule has 4 aromatic rings. The molecule has 0 saturated carbocycles. The smallest absolute Gasteiger partial charge is 0.303 e. The number of aryl methyl sites for hydroxylation is 1. The third-order valence-corrected chi connectivity index (χ3v) is 6.95. The summed E-state index contributed by atoms with van der Waals surface area (Å²) < 4.78 is 0. The van der Waals surface area contributed by atoms with Gasteiger partial charge >= 0.3 is 5.97 Å². The lowest BCUT2D eigenvalue weighted by atomic mass is 9.85. The number of hydrogen-bond donors (Lipinski definition) is 1. The molecule has 0 bridgehead atoms. The van der Waals surface area contributed by atoms with E-state index in [-0.39, 0.29) is 17.3 Å². The number of fused-ring (bicyclic) bond motifs is 1. The number of nitrogens with zero attached hydrogens (tertiary/aromatic N) is 3. The first-order valence-corrected chi connectivity index (χ1v) is 13.2. The highest BCUT2D eigenvalue weighted by molar-refractivity contribution is 6.00. The van der Waals surface area contributed by atoms with Crippen LogP contribution in [-0.2, 0) is 22.2 Å². The van der Waals surface area contributed by atoms with Gasteiger partial charge in [-0.25, -0.2) is 0 Å². The number of benzene rings is 3. The van der Waals surface area contributed by atoms with E-state index in [2.05, 4.69) is 102 Å². The highest BCUT2D eigenvalue weighted by Crippen LogP contribution is 2.35. The maximum Gasteiger partial charge on any atom is 0.303 e. The first kappa shape index (κ1) is 26.6. The van der Waals surface area contributed by atoms with Gasteiger partial charge in [0, 0.05) is 17.5 Å². The molecule has 0 aliphatic heterocycles. The molecule has 194 valence electrons. The first-order valence-electron chi connectivity index (χ1n) is 13.2. The molecule has 0 amide bonds. The van der Waals surface area contributed by atoms with E-state index in [0.717, 1.165) is 46.1 Å². The van der Waals surface area contributed by atoms with Crippen LogP contribution in [0.1, 0.15) is 78.4 Å². The summed E-state index contributed by atoms with van der Waals surface area (Å²) in [6, 6.07) is 21.8. The molecule has 37 heavy (non-hydrogen) atoms. The monoisotopic (exact) mass is 497 g/mol. The van der Waals surface area contributed by atoms with Crippen molar-refractivity contribution in [3.63, 3.8) is 0 Å². The molecule has 4 rings (SSSR count). The fourth-order valence-electron chi connectivity index (χ4n) is 4.61. The summed E-state index contributed by atoms with van der Waals surface area (Å²) >= 11 is 0. The Morgan fingerprint density at radius 2 is 1.11 bits per heavy atom. The second-order valence-electron chi connectivity index (χ2n) is 12.0. The molecule has 1 aromatic heterocycles. The average Bonchev–Trinajstić information content (AvgIpc) is 3.26. The molecule has 5 nitrogen and oxygen atoms in total. The van der Waals surface area contributed by atoms with Gasteiger partial charge in [-0.05, 0) is 45.9 Å². The van der Waals surface area contributed by atoms with Gasteiger partial charge in [0.25, 0.3) is 0 Å². The number of carbonyl (C=O) groups is 1. The SMILES string of the molecule is CC(C)(C)c1ccc(-c2ccc(-c3ccc(C(C)(C)C)cc3)c3nn(CCCCCC(=O)O)nc23)cc1. The first-order chi connectivity index (χ1) is 17.4. The zero-order valence-corrected chi connectivity index (χ0v) is 23.0. The highest BCUT2D eigenvalue weighted by atomic mass is 16.4. The van der Waals surface area contributed by atoms with Crippen LogP contribution in [0.15, 0.2) is 60.7 Å². The molecule has 3 aromatic carbocycles. The van der Waals surface area contributed by atoms with Gasteiger partial charge in [-0.2, -0.15) is 15.0 Å². The predicted molar refractivity (Wildman–Crippen MR) is 152 cm³/mol. The standard InChI is InChI=1S/C32H39N3O2/c1-31(2,3)24-15-11-22(12-16-24)26-19-20-27(23-13-17-25(18-14-23)32(4,5)6)30-29(26)33-35(34-30)21-9-7-8-10-28(36)37/h11-20H,7-10,21H2,1-6H3,(H,36,37). The van der Waals surface area contributed by atoms with Crippen molar-refractivity contribution in [2.45, 2.75) is 84.6 Å². The minimum Gasteiger partial charge on any atom is -0.481 e. The van der Waals surface area contributed by atoms with Crippen molar-refractivity contribution in [2.75, 3.05) is 0 Å². The summed E-state index contributed by atoms with van der Waals surface area (Å²) in [5.74, 6) is -0.743. The Balaban J connectivity index is 1.72. The second kappa shape index (κ2) is 10.5. The van der Waals surface area contributed by atoms with Crippen LogP contribution in [0, 0.1) is 0 Å². The summed E-state index contributed by atoms with van der Waals surface area (Å²) in [6.07, 6.45) is 2.57. The molecule has 1 heterocycles. The van der Waals surface area contributed by atoms with Crippen molar-refractivity contribution in [3.8, 4) is 22.3 Å². The Bertz CT molecular complexity index is 1270. The number of hydrogen-bond acceptors (Lipinski definition) is 3. The van der Waals surface area contributed by atoms with E-state index in [1.54, 1.807) is 4.80 Å². The van der Waals surface area contributed by atoms with E-state index in [1.807, 2.05) is 0 Å². The average molecular weight is 498 g/mol. The molecule has 1 N–H and O–H groups in total. The number of aliphatic carboxylic acids is 1. The van der Waals surface area contributed by atoms with Gasteiger partial charge in [-0.15, -0.1) is 0 Å². The van der Waals surface area contributed by atoms with Crippen LogP contribution >= 0.6 is 0 Å². The molecule has 0 spiro atoms. The number of carboxylic acids is 1. The van der Waals surface area contributed by atoms with Gasteiger partial charge in [0.15, 0.2) is 0 Å². The van der Waals surface area contributed by atoms with Crippen LogP contribution in [0.4, 0.5) is 0 Å². The van der Waals surface area contributed by atoms with Crippen LogP contribution in [0.2, 0.25) is 0 Å². The van der Waals surface area contributed by atoms with Crippen LogP contribution in [-0.4, -0.2) is 26.1 Å². The summed E-state index contributed by atoms with van der Waals surface area (Å²) in [5.41, 5.74) is 8.98. The largest absolute Gasteiger partial charge is 0.481 e. The Labute approximate surface area is 220 Å². The third kappa shape index (κ3) is 6.27. The van der Waals surface area contributed by atoms with Crippen molar-refractivity contribution >= 4 is 17.0 Å². The van der Waals surface area contributed by atoms with E-state index >= 15 is 0 Å². The lowest BCUT2D eigenvalue weighted by molar-refractivity contribution is -0.137. The molecule has 0 unspecified atom stereocenters. The molecule has 0 radical (unpaired) electrons. The Morgan fingerprint density at radius 3 is 1.49 bits per heavy atom. The third-order valence-electron chi connectivity index (χ3n) is 6.95. The summed E-state index contributed by atoms with van der Waals surface area (Å²) in [5, 5.41) is 18.7. The van der Waals surface area contributed by atoms with E-state index in [0.29, 0.717) is 13.0 Å². The minimum absolute atomic E-state index is 0.0979. The fraction of sp³-hybridized carbons (Fsp3) is 0.406. The Morgan fingerprint density at radius 1 is 0.676 bits per heavy atom. The summed E-state index contributed by atoms with van der Waals surface area (Å²) in [7, 11) is 0. The van der Waals surface area contributed by atoms with Crippen molar-refractivity contribution in [3.05, 3.63) is 71.8 Å². The van der Waals surface area contributed by atoms with Crippen LogP contribution in [0.25, 0.3) is 33.3 Å². The van der Waals surface area contributed by atoms with Crippen molar-refractivity contribution in [2.24, 2.45) is 0 Å². The fourth-order valence-corrected chi connectivity index (χ4v) is 4.61. The lowest BCUT2D eigenvalue weighted by Crippen LogP contribution is -2.10. The van der Waals surface area contributed by atoms with Crippen molar-refractivity contribution < 1.29 is 9.90 Å². The number of carboxylic acid groups (broad SMARTS) is 1. The van der Waals surface area contributed by atoms with Gasteiger partial charge in [0.05, 0.1) is 6.54 Å². The molecular formula is C32H39N3O2. The van der Waals surface area contributed by atoms with Crippen LogP contribution in [0.3, 0.4) is 0 Å². The summed E-state index contributed by atoms with van der Waals surface area (Å²) in [4.78, 5) is 12.6. The molecule has 0 aliphatic carbocycles. The normalized spacial score (nSPS) is 12.3. The van der Waals surface area contributed by atoms with E-state index in [4.69, 9.17) is 15.3 Å². The second-order valence-corrected chi connectivity index (χ2v) is 12.0. The quantitative estimate of drug-likeness (QED) is 0.250. The van der Waals surface area contributed by atoms with Crippen LogP contribution < -0.4 is 0 Å². The van der Waals surface area contributed by atoms with Gasteiger partial charge in [0.2, 0.25) is 0 Å². The van der Waals surface area contributed by atoms with Crippen molar-refractivity contribution in [1.29, 1.82) is 0 Å². The van der Waals surface area contributed by atoms with E-state index in [9.17, 15) is 4.79 Å². The van der Waals surface area contributed by atoms with Gasteiger partial charge in [-0.3, -0.25) is 4.79 Å². The summed E-state index contributed by atoms with van der Waals surface area (Å²) in [6.45, 7) is 14.0. The van der Waals surface area contributed by atoms with E-state index < -0.39 is 5.97 Å². The number of rotatable bonds is 8. The number of aromatic nitrogens is 3. The Kier molecular flexibility index (Phi) is 7.54. The molecular weight excluding hydrogens is 458 g/mol. The van der Waals surface area contributed by atoms with E-state index in [1.165, 1.54) is 11.1 Å². The predicted octanol–water partition coefficient (Wildman–Crippen LogP) is 8.01. The van der Waals surface area contributed by atoms with Crippen LogP contribution in [0.5, 0.6) is 0 Å². The van der Waals surface area contributed by atoms with Crippen molar-refractivity contribution in [1.82, 2.24) is 15.0 Å². The maximum atomic E-state index is 10.8. The lowest BCUT2D eigenvalue weighted by Gasteiger charge is -2.19. The molecule has 0 aliphatic rings. The molecule has 0 atom stereocenters. The molecule has 0 fully saturated rings. The van der Waals surface area contributed by atoms with Gasteiger partial charge in [0.1, 0.15) is 11.0 Å². The van der Waals surface area contributed by atoms with Gasteiger partial charge in [-0.1, -0.05) is 109 Å². The topological polar surface area (TPSA) is 68.0 Å². The zero-order valence-electron chi connectivity index (χ0n) is 23.0. The Hall–Kier alpha value is -3.47. The maximum absolute atomic E-state index is 10.8. The zero-order chi connectivity index (χ0) is 26.8. The number of unbranched alkanes of at least 4 members (excludes halogenated alkanes) is 2. The highest BCUT2D eigenvalue weighted by Gasteiger charge is 2.18. The minimum atomic E-state index is -0.743. The van der Waals surface area contributed by atoms with Gasteiger partial charge < -0.3 is 5.11 Å².